The Morgan fingerprint density at radius 3 is 1.45 bits per heavy atom. The molecule has 6 aromatic rings. The first-order valence-electron chi connectivity index (χ1n) is 14.4. The Bertz CT molecular complexity index is 1650. The molecule has 0 saturated heterocycles. The van der Waals surface area contributed by atoms with Crippen molar-refractivity contribution in [3.63, 3.8) is 0 Å². The number of ether oxygens (including phenoxy) is 3. The number of pyridine rings is 1. The van der Waals surface area contributed by atoms with E-state index in [2.05, 4.69) is 60.4 Å². The third-order valence-corrected chi connectivity index (χ3v) is 9.53. The van der Waals surface area contributed by atoms with Crippen molar-refractivity contribution >= 4 is 23.8 Å². The van der Waals surface area contributed by atoms with Crippen LogP contribution in [0.4, 0.5) is 8.78 Å². The molecule has 0 saturated carbocycles. The fourth-order valence-electron chi connectivity index (χ4n) is 4.40. The fraction of sp³-hybridized carbons (Fsp3) is 0.103. The standard InChI is InChI=1S/C21H21O3P.C11H6F2N.C7H7.Pt/c1-22-16-4-10-19(11-5-16)25(20-12-6-17(23-2)7-13-20)21-14-8-18(24-3)9-15-21;12-8-4-5-9(10(13)7-8)11-3-1-2-6-14-11;1-7-5-3-2-4-6-7;/h4-15H,1-3H3;1-4,6-7H;3-6H,1H3;/q;2*-1;+2/p+1. The molecule has 0 atom stereocenters. The average Bonchev–Trinajstić information content (AvgIpc) is 3.10. The summed E-state index contributed by atoms with van der Waals surface area (Å²) >= 11 is 0. The van der Waals surface area contributed by atoms with Gasteiger partial charge in [0.1, 0.15) is 33.2 Å². The summed E-state index contributed by atoms with van der Waals surface area (Å²) in [5.41, 5.74) is 1.93. The third kappa shape index (κ3) is 11.1. The van der Waals surface area contributed by atoms with E-state index in [-0.39, 0.29) is 26.6 Å². The van der Waals surface area contributed by atoms with Gasteiger partial charge in [-0.05, 0) is 84.6 Å². The van der Waals surface area contributed by atoms with E-state index in [1.165, 1.54) is 21.5 Å². The molecular formula is C39H35F2NO3PPt+. The number of benzene rings is 5. The molecule has 0 amide bonds. The van der Waals surface area contributed by atoms with Gasteiger partial charge in [-0.3, -0.25) is 8.78 Å². The second-order valence-electron chi connectivity index (χ2n) is 9.89. The maximum Gasteiger partial charge on any atom is 2.00 e. The second kappa shape index (κ2) is 19.3. The van der Waals surface area contributed by atoms with Crippen LogP contribution in [0.25, 0.3) is 11.3 Å². The monoisotopic (exact) mass is 829 g/mol. The molecular weight excluding hydrogens is 794 g/mol. The summed E-state index contributed by atoms with van der Waals surface area (Å²) in [5.74, 6) is 1.32. The first-order chi connectivity index (χ1) is 22.4. The molecule has 0 aliphatic carbocycles. The van der Waals surface area contributed by atoms with E-state index in [1.807, 2.05) is 60.7 Å². The Kier molecular flexibility index (Phi) is 15.3. The van der Waals surface area contributed by atoms with E-state index >= 15 is 0 Å². The minimum Gasteiger partial charge on any atom is -0.497 e. The first-order valence-corrected chi connectivity index (χ1v) is 15.9. The second-order valence-corrected chi connectivity index (χ2v) is 12.4. The molecule has 47 heavy (non-hydrogen) atoms. The Hall–Kier alpha value is -4.37. The summed E-state index contributed by atoms with van der Waals surface area (Å²) in [6, 6.07) is 45.4. The van der Waals surface area contributed by atoms with E-state index in [0.29, 0.717) is 5.69 Å². The van der Waals surface area contributed by atoms with Crippen molar-refractivity contribution in [1.82, 2.24) is 4.98 Å². The number of rotatable bonds is 7. The summed E-state index contributed by atoms with van der Waals surface area (Å²) in [6.07, 6.45) is 1.55. The fourth-order valence-corrected chi connectivity index (χ4v) is 6.90. The summed E-state index contributed by atoms with van der Waals surface area (Å²) in [6.45, 7) is 2.06. The summed E-state index contributed by atoms with van der Waals surface area (Å²) in [4.78, 5) is 3.95. The molecule has 0 aliphatic rings. The van der Waals surface area contributed by atoms with Crippen molar-refractivity contribution in [2.45, 2.75) is 6.92 Å². The molecule has 242 valence electrons. The van der Waals surface area contributed by atoms with Crippen molar-refractivity contribution in [1.29, 1.82) is 0 Å². The number of aromatic nitrogens is 1. The van der Waals surface area contributed by atoms with Gasteiger partial charge in [0.25, 0.3) is 0 Å². The Morgan fingerprint density at radius 1 is 0.638 bits per heavy atom. The molecule has 0 bridgehead atoms. The number of nitrogens with zero attached hydrogens (tertiary/aromatic N) is 1. The van der Waals surface area contributed by atoms with Crippen molar-refractivity contribution in [2.24, 2.45) is 0 Å². The van der Waals surface area contributed by atoms with Crippen LogP contribution in [-0.4, -0.2) is 26.3 Å². The third-order valence-electron chi connectivity index (χ3n) is 6.80. The van der Waals surface area contributed by atoms with Crippen LogP contribution in [0, 0.1) is 30.7 Å². The molecule has 8 heteroatoms. The van der Waals surface area contributed by atoms with Gasteiger partial charge in [0.15, 0.2) is 0 Å². The Balaban J connectivity index is 0.000000227. The number of hydrogen-bond acceptors (Lipinski definition) is 4. The number of hydrogen-bond donors (Lipinski definition) is 0. The van der Waals surface area contributed by atoms with Gasteiger partial charge in [-0.25, -0.2) is 0 Å². The van der Waals surface area contributed by atoms with Gasteiger partial charge in [-0.2, -0.15) is 35.9 Å². The van der Waals surface area contributed by atoms with Crippen LogP contribution >= 0.6 is 7.92 Å². The van der Waals surface area contributed by atoms with E-state index < -0.39 is 19.6 Å². The van der Waals surface area contributed by atoms with Crippen LogP contribution in [0.15, 0.2) is 134 Å². The molecule has 1 aromatic heterocycles. The normalized spacial score (nSPS) is 9.94. The molecule has 0 spiro atoms. The Labute approximate surface area is 291 Å². The topological polar surface area (TPSA) is 40.6 Å². The quantitative estimate of drug-likeness (QED) is 0.122. The van der Waals surface area contributed by atoms with E-state index in [0.717, 1.165) is 29.4 Å². The summed E-state index contributed by atoms with van der Waals surface area (Å²) in [5, 5.41) is 3.92. The van der Waals surface area contributed by atoms with Gasteiger partial charge in [0, 0.05) is 17.8 Å². The van der Waals surface area contributed by atoms with Crippen molar-refractivity contribution in [2.75, 3.05) is 21.3 Å². The maximum atomic E-state index is 13.2. The number of aryl methyl sites for hydroxylation is 1. The molecule has 5 aromatic carbocycles. The zero-order valence-corrected chi connectivity index (χ0v) is 29.7. The SMILES string of the molecule is COc1ccc([PH+](c2ccc(OC)cc2)c2ccc(OC)cc2)cc1.Cc1cc[c-]cc1.Fc1c[c-]c(-c2ccccn2)c(F)c1.[Pt+2]. The van der Waals surface area contributed by atoms with Crippen molar-refractivity contribution in [3.05, 3.63) is 163 Å². The predicted molar refractivity (Wildman–Crippen MR) is 185 cm³/mol. The molecule has 6 rings (SSSR count). The number of methoxy groups -OCH3 is 3. The van der Waals surface area contributed by atoms with Crippen LogP contribution in [0.1, 0.15) is 5.56 Å². The van der Waals surface area contributed by atoms with E-state index in [4.69, 9.17) is 14.2 Å². The zero-order valence-electron chi connectivity index (χ0n) is 26.4. The molecule has 0 aliphatic heterocycles. The van der Waals surface area contributed by atoms with Gasteiger partial charge in [-0.1, -0.05) is 30.7 Å². The molecule has 0 radical (unpaired) electrons. The van der Waals surface area contributed by atoms with E-state index in [1.54, 1.807) is 45.7 Å². The molecule has 1 heterocycles. The van der Waals surface area contributed by atoms with Gasteiger partial charge in [0.2, 0.25) is 0 Å². The minimum atomic E-state index is -1.12. The van der Waals surface area contributed by atoms with Gasteiger partial charge in [0.05, 0.1) is 29.3 Å². The summed E-state index contributed by atoms with van der Waals surface area (Å²) < 4.78 is 41.7. The van der Waals surface area contributed by atoms with Crippen LogP contribution < -0.4 is 30.1 Å². The van der Waals surface area contributed by atoms with Gasteiger partial charge >= 0.3 is 21.1 Å². The van der Waals surface area contributed by atoms with Crippen molar-refractivity contribution in [3.8, 4) is 28.5 Å². The van der Waals surface area contributed by atoms with Crippen molar-refractivity contribution < 1.29 is 44.1 Å². The van der Waals surface area contributed by atoms with Crippen LogP contribution in [-0.2, 0) is 21.1 Å². The largest absolute Gasteiger partial charge is 2.00 e. The Morgan fingerprint density at radius 2 is 1.11 bits per heavy atom. The van der Waals surface area contributed by atoms with Crippen LogP contribution in [0.5, 0.6) is 17.2 Å². The predicted octanol–water partition coefficient (Wildman–Crippen LogP) is 7.82. The van der Waals surface area contributed by atoms with Crippen LogP contribution in [0.2, 0.25) is 0 Å². The first kappa shape index (κ1) is 37.1. The summed E-state index contributed by atoms with van der Waals surface area (Å²) in [7, 11) is 3.95. The van der Waals surface area contributed by atoms with E-state index in [9.17, 15) is 8.78 Å². The van der Waals surface area contributed by atoms with Gasteiger partial charge in [-0.15, -0.1) is 12.1 Å². The molecule has 0 N–H and O–H groups in total. The van der Waals surface area contributed by atoms with Gasteiger partial charge < -0.3 is 19.2 Å². The van der Waals surface area contributed by atoms with Crippen LogP contribution in [0.3, 0.4) is 0 Å². The molecule has 0 unspecified atom stereocenters. The smallest absolute Gasteiger partial charge is 0.497 e. The molecule has 4 nitrogen and oxygen atoms in total. The average molecular weight is 830 g/mol. The zero-order chi connectivity index (χ0) is 32.7. The number of halogens is 2. The maximum absolute atomic E-state index is 13.2. The molecule has 0 fully saturated rings. The minimum absolute atomic E-state index is 0.